The van der Waals surface area contributed by atoms with Gasteiger partial charge in [-0.1, -0.05) is 59.6 Å². The zero-order valence-corrected chi connectivity index (χ0v) is 19.8. The zero-order valence-electron chi connectivity index (χ0n) is 18.3. The smallest absolute Gasteiger partial charge is 0.247 e. The molecule has 3 heterocycles. The van der Waals surface area contributed by atoms with Gasteiger partial charge in [0.25, 0.3) is 0 Å². The van der Waals surface area contributed by atoms with Gasteiger partial charge in [0.15, 0.2) is 0 Å². The minimum Gasteiger partial charge on any atom is -0.351 e. The first kappa shape index (κ1) is 21.9. The largest absolute Gasteiger partial charge is 0.351 e. The van der Waals surface area contributed by atoms with Crippen molar-refractivity contribution in [2.75, 3.05) is 15.1 Å². The molecule has 0 spiro atoms. The highest BCUT2D eigenvalue weighted by molar-refractivity contribution is 6.32. The lowest BCUT2D eigenvalue weighted by molar-refractivity contribution is -0.126. The number of benzene rings is 3. The quantitative estimate of drug-likeness (QED) is 0.509. The predicted octanol–water partition coefficient (Wildman–Crippen LogP) is 5.02. The Hall–Kier alpha value is -3.61. The number of carbonyl (C=O) groups is 3. The lowest BCUT2D eigenvalue weighted by Crippen LogP contribution is -2.50. The van der Waals surface area contributed by atoms with Crippen LogP contribution in [0.1, 0.15) is 5.56 Å². The fourth-order valence-corrected chi connectivity index (χ4v) is 5.74. The summed E-state index contributed by atoms with van der Waals surface area (Å²) in [7, 11) is 0. The van der Waals surface area contributed by atoms with E-state index >= 15 is 0 Å². The van der Waals surface area contributed by atoms with Gasteiger partial charge in [-0.05, 0) is 54.1 Å². The van der Waals surface area contributed by atoms with Gasteiger partial charge in [-0.2, -0.15) is 0 Å². The average Bonchev–Trinajstić information content (AvgIpc) is 3.33. The van der Waals surface area contributed by atoms with Gasteiger partial charge >= 0.3 is 0 Å². The van der Waals surface area contributed by atoms with Crippen molar-refractivity contribution in [1.29, 1.82) is 0 Å². The molecule has 2 fully saturated rings. The Labute approximate surface area is 211 Å². The predicted molar refractivity (Wildman–Crippen MR) is 137 cm³/mol. The van der Waals surface area contributed by atoms with Crippen LogP contribution in [0.5, 0.6) is 0 Å². The van der Waals surface area contributed by atoms with Crippen LogP contribution in [0.25, 0.3) is 6.08 Å². The Morgan fingerprint density at radius 2 is 1.57 bits per heavy atom. The van der Waals surface area contributed by atoms with Crippen LogP contribution in [0.15, 0.2) is 78.9 Å². The van der Waals surface area contributed by atoms with E-state index in [4.69, 9.17) is 23.2 Å². The van der Waals surface area contributed by atoms with E-state index in [2.05, 4.69) is 5.32 Å². The highest BCUT2D eigenvalue weighted by Gasteiger charge is 2.64. The number of fused-ring (bicyclic) bond motifs is 5. The molecule has 0 aliphatic carbocycles. The van der Waals surface area contributed by atoms with E-state index < -0.39 is 29.8 Å². The van der Waals surface area contributed by atoms with Crippen molar-refractivity contribution in [3.63, 3.8) is 0 Å². The standard InChI is InChI=1S/C27H19Cl2N3O3/c28-16-9-11-18(12-10-16)30-25(33)24-23-22(21-13-8-15-4-1-2-7-20(15)32(21)24)26(34)31(27(23)35)19-6-3-5-17(29)14-19/h1-14,21-24H,(H,30,33). The first-order chi connectivity index (χ1) is 16.9. The molecule has 0 aromatic heterocycles. The summed E-state index contributed by atoms with van der Waals surface area (Å²) in [6.45, 7) is 0. The summed E-state index contributed by atoms with van der Waals surface area (Å²) in [6, 6.07) is 19.8. The van der Waals surface area contributed by atoms with Gasteiger partial charge < -0.3 is 10.2 Å². The van der Waals surface area contributed by atoms with Crippen LogP contribution in [0.2, 0.25) is 10.0 Å². The summed E-state index contributed by atoms with van der Waals surface area (Å²) in [5, 5.41) is 3.89. The van der Waals surface area contributed by atoms with E-state index in [1.54, 1.807) is 48.5 Å². The number of para-hydroxylation sites is 1. The normalized spacial score (nSPS) is 24.3. The van der Waals surface area contributed by atoms with E-state index in [0.29, 0.717) is 21.4 Å². The highest BCUT2D eigenvalue weighted by atomic mass is 35.5. The second-order valence-corrected chi connectivity index (χ2v) is 9.67. The molecule has 4 unspecified atom stereocenters. The summed E-state index contributed by atoms with van der Waals surface area (Å²) in [4.78, 5) is 44.3. The van der Waals surface area contributed by atoms with Gasteiger partial charge in [-0.3, -0.25) is 14.4 Å². The Balaban J connectivity index is 1.44. The number of nitrogens with one attached hydrogen (secondary N) is 1. The first-order valence-electron chi connectivity index (χ1n) is 11.2. The molecule has 35 heavy (non-hydrogen) atoms. The molecule has 0 radical (unpaired) electrons. The number of hydrogen-bond acceptors (Lipinski definition) is 4. The number of imide groups is 1. The fourth-order valence-electron chi connectivity index (χ4n) is 5.43. The van der Waals surface area contributed by atoms with Gasteiger partial charge in [0.05, 0.1) is 23.6 Å². The number of nitrogens with zero attached hydrogens (tertiary/aromatic N) is 2. The van der Waals surface area contributed by atoms with Crippen LogP contribution in [-0.4, -0.2) is 29.8 Å². The van der Waals surface area contributed by atoms with Gasteiger partial charge in [-0.25, -0.2) is 4.90 Å². The van der Waals surface area contributed by atoms with E-state index in [1.807, 2.05) is 41.3 Å². The summed E-state index contributed by atoms with van der Waals surface area (Å²) < 4.78 is 0. The molecule has 3 aromatic rings. The number of halogens is 2. The van der Waals surface area contributed by atoms with Crippen molar-refractivity contribution in [3.05, 3.63) is 94.5 Å². The molecule has 1 N–H and O–H groups in total. The monoisotopic (exact) mass is 503 g/mol. The Bertz CT molecular complexity index is 1400. The lowest BCUT2D eigenvalue weighted by atomic mass is 9.88. The SMILES string of the molecule is O=C(Nc1ccc(Cl)cc1)C1C2C(=O)N(c3cccc(Cl)c3)C(=O)C2C2C=Cc3ccccc3N21. The molecule has 8 heteroatoms. The molecule has 3 aliphatic heterocycles. The molecule has 0 bridgehead atoms. The van der Waals surface area contributed by atoms with Crippen molar-refractivity contribution in [1.82, 2.24) is 0 Å². The van der Waals surface area contributed by atoms with Crippen molar-refractivity contribution < 1.29 is 14.4 Å². The van der Waals surface area contributed by atoms with Crippen LogP contribution in [-0.2, 0) is 14.4 Å². The average molecular weight is 504 g/mol. The minimum absolute atomic E-state index is 0.330. The molecule has 6 nitrogen and oxygen atoms in total. The molecular formula is C27H19Cl2N3O3. The van der Waals surface area contributed by atoms with Crippen LogP contribution in [0.3, 0.4) is 0 Å². The molecule has 3 aliphatic rings. The number of rotatable bonds is 3. The van der Waals surface area contributed by atoms with Crippen LogP contribution in [0.4, 0.5) is 17.1 Å². The summed E-state index contributed by atoms with van der Waals surface area (Å²) in [5.41, 5.74) is 2.72. The van der Waals surface area contributed by atoms with Crippen LogP contribution < -0.4 is 15.1 Å². The fraction of sp³-hybridized carbons (Fsp3) is 0.148. The third-order valence-electron chi connectivity index (χ3n) is 6.86. The summed E-state index contributed by atoms with van der Waals surface area (Å²) in [5.74, 6) is -2.65. The van der Waals surface area contributed by atoms with Crippen LogP contribution >= 0.6 is 23.2 Å². The summed E-state index contributed by atoms with van der Waals surface area (Å²) in [6.07, 6.45) is 3.87. The molecule has 2 saturated heterocycles. The zero-order chi connectivity index (χ0) is 24.3. The first-order valence-corrected chi connectivity index (χ1v) is 11.9. The number of hydrogen-bond donors (Lipinski definition) is 1. The van der Waals surface area contributed by atoms with E-state index in [-0.39, 0.29) is 11.8 Å². The van der Waals surface area contributed by atoms with Crippen molar-refractivity contribution in [2.24, 2.45) is 11.8 Å². The van der Waals surface area contributed by atoms with Gasteiger partial charge in [0, 0.05) is 21.4 Å². The Morgan fingerprint density at radius 1 is 0.829 bits per heavy atom. The topological polar surface area (TPSA) is 69.7 Å². The van der Waals surface area contributed by atoms with E-state index in [1.165, 1.54) is 4.90 Å². The third kappa shape index (κ3) is 3.44. The van der Waals surface area contributed by atoms with Crippen LogP contribution in [0, 0.1) is 11.8 Å². The minimum atomic E-state index is -0.882. The highest BCUT2D eigenvalue weighted by Crippen LogP contribution is 2.49. The van der Waals surface area contributed by atoms with Gasteiger partial charge in [0.2, 0.25) is 17.7 Å². The van der Waals surface area contributed by atoms with E-state index in [9.17, 15) is 14.4 Å². The Morgan fingerprint density at radius 3 is 2.34 bits per heavy atom. The van der Waals surface area contributed by atoms with Crippen molar-refractivity contribution >= 4 is 64.1 Å². The molecular weight excluding hydrogens is 485 g/mol. The van der Waals surface area contributed by atoms with Gasteiger partial charge in [0.1, 0.15) is 6.04 Å². The second-order valence-electron chi connectivity index (χ2n) is 8.80. The van der Waals surface area contributed by atoms with Crippen molar-refractivity contribution in [2.45, 2.75) is 12.1 Å². The molecule has 0 saturated carbocycles. The number of amides is 3. The molecule has 3 aromatic carbocycles. The second kappa shape index (κ2) is 8.26. The van der Waals surface area contributed by atoms with Gasteiger partial charge in [-0.15, -0.1) is 0 Å². The van der Waals surface area contributed by atoms with Crippen molar-refractivity contribution in [3.8, 4) is 0 Å². The van der Waals surface area contributed by atoms with E-state index in [0.717, 1.165) is 11.3 Å². The molecule has 3 amide bonds. The lowest BCUT2D eigenvalue weighted by Gasteiger charge is -2.36. The summed E-state index contributed by atoms with van der Waals surface area (Å²) >= 11 is 12.1. The molecule has 174 valence electrons. The maximum atomic E-state index is 13.8. The maximum Gasteiger partial charge on any atom is 0.247 e. The number of carbonyl (C=O) groups excluding carboxylic acids is 3. The molecule has 4 atom stereocenters. The maximum absolute atomic E-state index is 13.8. The molecule has 6 rings (SSSR count). The Kier molecular flexibility index (Phi) is 5.16. The third-order valence-corrected chi connectivity index (χ3v) is 7.35. The number of anilines is 3.